The average molecular weight is 356 g/mol. The quantitative estimate of drug-likeness (QED) is 0.713. The van der Waals surface area contributed by atoms with E-state index in [2.05, 4.69) is 17.3 Å². The van der Waals surface area contributed by atoms with Gasteiger partial charge >= 0.3 is 0 Å². The number of hydrogen-bond acceptors (Lipinski definition) is 3. The average Bonchev–Trinajstić information content (AvgIpc) is 3.10. The minimum absolute atomic E-state index is 0.0915. The summed E-state index contributed by atoms with van der Waals surface area (Å²) in [5, 5.41) is 7.51. The Labute approximate surface area is 151 Å². The van der Waals surface area contributed by atoms with Crippen LogP contribution in [-0.4, -0.2) is 15.7 Å². The van der Waals surface area contributed by atoms with E-state index in [1.807, 2.05) is 36.4 Å². The van der Waals surface area contributed by atoms with E-state index in [1.165, 1.54) is 10.2 Å². The number of anilines is 1. The summed E-state index contributed by atoms with van der Waals surface area (Å²) >= 11 is 6.06. The van der Waals surface area contributed by atoms with E-state index in [-0.39, 0.29) is 12.6 Å². The van der Waals surface area contributed by atoms with Crippen molar-refractivity contribution in [3.05, 3.63) is 77.1 Å². The third-order valence-electron chi connectivity index (χ3n) is 3.75. The molecule has 0 aliphatic carbocycles. The first kappa shape index (κ1) is 17.0. The number of aryl methyl sites for hydroxylation is 1. The molecule has 128 valence electrons. The Morgan fingerprint density at radius 3 is 2.64 bits per heavy atom. The van der Waals surface area contributed by atoms with Crippen LogP contribution in [0, 0.1) is 0 Å². The summed E-state index contributed by atoms with van der Waals surface area (Å²) in [6.45, 7) is 2.18. The van der Waals surface area contributed by atoms with Gasteiger partial charge in [-0.15, -0.1) is 0 Å². The molecule has 3 rings (SSSR count). The maximum absolute atomic E-state index is 12.5. The third-order valence-corrected chi connectivity index (χ3v) is 4.06. The normalized spacial score (nSPS) is 10.5. The lowest BCUT2D eigenvalue weighted by Crippen LogP contribution is -2.19. The molecule has 3 aromatic rings. The molecule has 0 bridgehead atoms. The van der Waals surface area contributed by atoms with Crippen molar-refractivity contribution in [2.24, 2.45) is 0 Å². The molecule has 0 unspecified atom stereocenters. The van der Waals surface area contributed by atoms with Crippen molar-refractivity contribution in [1.29, 1.82) is 0 Å². The molecule has 0 fully saturated rings. The molecule has 1 heterocycles. The van der Waals surface area contributed by atoms with Crippen molar-refractivity contribution in [2.45, 2.75) is 20.1 Å². The Hall–Kier alpha value is -2.79. The molecule has 2 aromatic carbocycles. The first-order valence-corrected chi connectivity index (χ1v) is 8.34. The zero-order valence-electron chi connectivity index (χ0n) is 13.8. The van der Waals surface area contributed by atoms with Crippen LogP contribution in [0.3, 0.4) is 0 Å². The van der Waals surface area contributed by atoms with Crippen molar-refractivity contribution in [1.82, 2.24) is 9.78 Å². The number of carbonyl (C=O) groups excluding carboxylic acids is 1. The van der Waals surface area contributed by atoms with Crippen molar-refractivity contribution in [2.75, 3.05) is 5.32 Å². The van der Waals surface area contributed by atoms with Crippen molar-refractivity contribution in [3.8, 4) is 5.75 Å². The Morgan fingerprint density at radius 2 is 1.92 bits per heavy atom. The molecule has 0 aliphatic heterocycles. The Bertz CT molecular complexity index is 859. The van der Waals surface area contributed by atoms with E-state index in [9.17, 15) is 4.79 Å². The van der Waals surface area contributed by atoms with E-state index in [0.29, 0.717) is 16.5 Å². The second-order valence-electron chi connectivity index (χ2n) is 5.42. The molecule has 0 atom stereocenters. The molecular weight excluding hydrogens is 338 g/mol. The minimum atomic E-state index is -0.246. The molecule has 0 saturated carbocycles. The molecule has 5 nitrogen and oxygen atoms in total. The van der Waals surface area contributed by atoms with Gasteiger partial charge in [-0.2, -0.15) is 5.10 Å². The van der Waals surface area contributed by atoms with Crippen LogP contribution in [0.4, 0.5) is 5.69 Å². The smallest absolute Gasteiger partial charge is 0.274 e. The van der Waals surface area contributed by atoms with Gasteiger partial charge in [-0.3, -0.25) is 4.79 Å². The first-order chi connectivity index (χ1) is 12.2. The molecular formula is C19H18ClN3O2. The number of nitrogens with zero attached hydrogens (tertiary/aromatic N) is 2. The number of ether oxygens (including phenoxy) is 1. The number of hydrogen-bond donors (Lipinski definition) is 1. The summed E-state index contributed by atoms with van der Waals surface area (Å²) in [7, 11) is 0. The van der Waals surface area contributed by atoms with Crippen LogP contribution in [0.1, 0.15) is 23.0 Å². The van der Waals surface area contributed by atoms with Gasteiger partial charge in [-0.25, -0.2) is 4.68 Å². The van der Waals surface area contributed by atoms with Crippen molar-refractivity contribution in [3.63, 3.8) is 0 Å². The Kier molecular flexibility index (Phi) is 5.36. The predicted molar refractivity (Wildman–Crippen MR) is 98.1 cm³/mol. The van der Waals surface area contributed by atoms with E-state index in [0.717, 1.165) is 12.1 Å². The number of rotatable bonds is 6. The molecule has 1 aromatic heterocycles. The fourth-order valence-corrected chi connectivity index (χ4v) is 2.53. The van der Waals surface area contributed by atoms with E-state index in [4.69, 9.17) is 16.3 Å². The standard InChI is InChI=1S/C19H18ClN3O2/c1-2-14-7-9-15(10-8-14)22-19(24)17-11-12-21-23(17)13-25-18-6-4-3-5-16(18)20/h3-12H,2,13H2,1H3,(H,22,24). The van der Waals surface area contributed by atoms with Crippen molar-refractivity contribution >= 4 is 23.2 Å². The van der Waals surface area contributed by atoms with Gasteiger partial charge in [0.15, 0.2) is 6.73 Å². The lowest BCUT2D eigenvalue weighted by Gasteiger charge is -2.11. The van der Waals surface area contributed by atoms with Gasteiger partial charge in [0.2, 0.25) is 0 Å². The third kappa shape index (κ3) is 4.19. The van der Waals surface area contributed by atoms with E-state index < -0.39 is 0 Å². The van der Waals surface area contributed by atoms with E-state index >= 15 is 0 Å². The molecule has 1 N–H and O–H groups in total. The van der Waals surface area contributed by atoms with Crippen LogP contribution < -0.4 is 10.1 Å². The van der Waals surface area contributed by atoms with Gasteiger partial charge in [0, 0.05) is 11.9 Å². The van der Waals surface area contributed by atoms with Gasteiger partial charge in [-0.05, 0) is 42.3 Å². The van der Waals surface area contributed by atoms with Crippen LogP contribution in [0.2, 0.25) is 5.02 Å². The Morgan fingerprint density at radius 1 is 1.16 bits per heavy atom. The Balaban J connectivity index is 1.67. The molecule has 6 heteroatoms. The van der Waals surface area contributed by atoms with Crippen LogP contribution in [0.25, 0.3) is 0 Å². The van der Waals surface area contributed by atoms with Gasteiger partial charge in [-0.1, -0.05) is 42.8 Å². The second-order valence-corrected chi connectivity index (χ2v) is 5.83. The number of aromatic nitrogens is 2. The number of benzene rings is 2. The number of nitrogens with one attached hydrogen (secondary N) is 1. The van der Waals surface area contributed by atoms with Crippen LogP contribution in [0.5, 0.6) is 5.75 Å². The van der Waals surface area contributed by atoms with Gasteiger partial charge < -0.3 is 10.1 Å². The predicted octanol–water partition coefficient (Wildman–Crippen LogP) is 4.39. The molecule has 0 saturated heterocycles. The lowest BCUT2D eigenvalue weighted by molar-refractivity contribution is 0.100. The zero-order valence-corrected chi connectivity index (χ0v) is 14.5. The van der Waals surface area contributed by atoms with Gasteiger partial charge in [0.25, 0.3) is 5.91 Å². The summed E-state index contributed by atoms with van der Waals surface area (Å²) in [5.41, 5.74) is 2.37. The maximum Gasteiger partial charge on any atom is 0.274 e. The second kappa shape index (κ2) is 7.85. The summed E-state index contributed by atoms with van der Waals surface area (Å²) in [6, 6.07) is 16.6. The highest BCUT2D eigenvalue weighted by Gasteiger charge is 2.13. The molecule has 0 radical (unpaired) electrons. The fraction of sp³-hybridized carbons (Fsp3) is 0.158. The van der Waals surface area contributed by atoms with E-state index in [1.54, 1.807) is 24.4 Å². The zero-order chi connectivity index (χ0) is 17.6. The summed E-state index contributed by atoms with van der Waals surface area (Å²) in [5.74, 6) is 0.297. The molecule has 1 amide bonds. The highest BCUT2D eigenvalue weighted by atomic mass is 35.5. The largest absolute Gasteiger partial charge is 0.470 e. The monoisotopic (exact) mass is 355 g/mol. The summed E-state index contributed by atoms with van der Waals surface area (Å²) in [6.07, 6.45) is 2.52. The fourth-order valence-electron chi connectivity index (χ4n) is 2.34. The number of halogens is 1. The molecule has 0 aliphatic rings. The number of amides is 1. The minimum Gasteiger partial charge on any atom is -0.470 e. The number of carbonyl (C=O) groups is 1. The molecule has 0 spiro atoms. The van der Waals surface area contributed by atoms with Crippen LogP contribution in [0.15, 0.2) is 60.8 Å². The van der Waals surface area contributed by atoms with Gasteiger partial charge in [0.05, 0.1) is 5.02 Å². The highest BCUT2D eigenvalue weighted by molar-refractivity contribution is 6.32. The maximum atomic E-state index is 12.5. The number of para-hydroxylation sites is 1. The van der Waals surface area contributed by atoms with Crippen molar-refractivity contribution < 1.29 is 9.53 Å². The lowest BCUT2D eigenvalue weighted by atomic mass is 10.1. The van der Waals surface area contributed by atoms with Crippen LogP contribution >= 0.6 is 11.6 Å². The summed E-state index contributed by atoms with van der Waals surface area (Å²) in [4.78, 5) is 12.5. The SMILES string of the molecule is CCc1ccc(NC(=O)c2ccnn2COc2ccccc2Cl)cc1. The van der Waals surface area contributed by atoms with Crippen LogP contribution in [-0.2, 0) is 13.2 Å². The first-order valence-electron chi connectivity index (χ1n) is 7.97. The summed E-state index contributed by atoms with van der Waals surface area (Å²) < 4.78 is 7.13. The van der Waals surface area contributed by atoms with Gasteiger partial charge in [0.1, 0.15) is 11.4 Å². The molecule has 25 heavy (non-hydrogen) atoms. The highest BCUT2D eigenvalue weighted by Crippen LogP contribution is 2.23. The topological polar surface area (TPSA) is 56.2 Å².